The number of piperidine rings is 1. The van der Waals surface area contributed by atoms with Gasteiger partial charge in [-0.05, 0) is 73.6 Å². The summed E-state index contributed by atoms with van der Waals surface area (Å²) >= 11 is 0. The van der Waals surface area contributed by atoms with Gasteiger partial charge in [-0.2, -0.15) is 0 Å². The fourth-order valence-electron chi connectivity index (χ4n) is 5.12. The van der Waals surface area contributed by atoms with E-state index in [1.54, 1.807) is 0 Å². The molecule has 0 bridgehead atoms. The second-order valence-corrected chi connectivity index (χ2v) is 8.60. The first-order valence-corrected chi connectivity index (χ1v) is 9.97. The minimum Gasteiger partial charge on any atom is -0.481 e. The van der Waals surface area contributed by atoms with Gasteiger partial charge in [-0.25, -0.2) is 0 Å². The maximum Gasteiger partial charge on any atom is 0.306 e. The number of carbonyl (C=O) groups is 3. The normalized spacial score (nSPS) is 32.1. The van der Waals surface area contributed by atoms with Crippen LogP contribution in [0.2, 0.25) is 0 Å². The van der Waals surface area contributed by atoms with E-state index in [1.807, 2.05) is 6.07 Å². The van der Waals surface area contributed by atoms with Gasteiger partial charge in [-0.1, -0.05) is 6.07 Å². The first-order valence-electron chi connectivity index (χ1n) is 9.97. The maximum absolute atomic E-state index is 12.0. The summed E-state index contributed by atoms with van der Waals surface area (Å²) in [5.74, 6) is -1.45. The largest absolute Gasteiger partial charge is 0.481 e. The van der Waals surface area contributed by atoms with Crippen molar-refractivity contribution in [1.29, 1.82) is 0 Å². The second-order valence-electron chi connectivity index (χ2n) is 8.60. The summed E-state index contributed by atoms with van der Waals surface area (Å²) in [7, 11) is 0. The van der Waals surface area contributed by atoms with Crippen LogP contribution in [0.4, 0.5) is 5.69 Å². The Labute approximate surface area is 163 Å². The van der Waals surface area contributed by atoms with Gasteiger partial charge in [0.2, 0.25) is 11.8 Å². The molecule has 1 aromatic carbocycles. The van der Waals surface area contributed by atoms with E-state index in [1.165, 1.54) is 11.1 Å². The van der Waals surface area contributed by atoms with Crippen LogP contribution in [-0.4, -0.2) is 39.6 Å². The maximum atomic E-state index is 12.0. The van der Waals surface area contributed by atoms with Crippen LogP contribution in [0, 0.1) is 0 Å². The van der Waals surface area contributed by atoms with Crippen LogP contribution >= 0.6 is 0 Å². The molecule has 2 aliphatic carbocycles. The molecule has 7 nitrogen and oxygen atoms in total. The first-order chi connectivity index (χ1) is 13.3. The van der Waals surface area contributed by atoms with Gasteiger partial charge >= 0.3 is 5.97 Å². The molecule has 2 fully saturated rings. The Morgan fingerprint density at radius 3 is 2.57 bits per heavy atom. The number of hydrogen-bond acceptors (Lipinski definition) is 5. The van der Waals surface area contributed by atoms with Crippen molar-refractivity contribution in [1.82, 2.24) is 5.32 Å². The lowest BCUT2D eigenvalue weighted by molar-refractivity contribution is -0.144. The lowest BCUT2D eigenvalue weighted by Crippen LogP contribution is -2.47. The summed E-state index contributed by atoms with van der Waals surface area (Å²) in [5.41, 5.74) is 2.35. The van der Waals surface area contributed by atoms with Gasteiger partial charge in [-0.15, -0.1) is 0 Å². The molecule has 7 heteroatoms. The van der Waals surface area contributed by atoms with Crippen LogP contribution in [0.25, 0.3) is 0 Å². The van der Waals surface area contributed by atoms with Crippen molar-refractivity contribution < 1.29 is 24.6 Å². The number of carbonyl (C=O) groups excluding carboxylic acids is 2. The molecule has 4 rings (SSSR count). The Morgan fingerprint density at radius 2 is 1.89 bits per heavy atom. The molecule has 3 aliphatic rings. The number of benzene rings is 1. The third kappa shape index (κ3) is 3.51. The van der Waals surface area contributed by atoms with Crippen LogP contribution in [0.15, 0.2) is 18.2 Å². The van der Waals surface area contributed by atoms with Crippen molar-refractivity contribution >= 4 is 23.5 Å². The van der Waals surface area contributed by atoms with Crippen LogP contribution in [0.5, 0.6) is 0 Å². The molecule has 2 amide bonds. The van der Waals surface area contributed by atoms with Gasteiger partial charge in [-0.3, -0.25) is 19.7 Å². The lowest BCUT2D eigenvalue weighted by atomic mass is 9.65. The standard InChI is InChI=1S/C21H26N2O5/c24-17-4-3-16(19(27)23-17)22-14-1-2-15-13(11-14)5-6-20(15)7-9-21(28,10-8-20)12-18(25)26/h1-2,11,16,22,28H,3-10,12H2,(H,25,26)(H,23,24,27). The number of aliphatic carboxylic acids is 1. The minimum atomic E-state index is -1.09. The molecule has 0 aromatic heterocycles. The van der Waals surface area contributed by atoms with E-state index in [0.29, 0.717) is 25.7 Å². The SMILES string of the molecule is O=C(O)CC1(O)CCC2(CCc3cc(NC4CCC(=O)NC4=O)ccc32)CC1. The molecule has 28 heavy (non-hydrogen) atoms. The number of aliphatic hydroxyl groups is 1. The average Bonchev–Trinajstić information content (AvgIpc) is 2.98. The molecule has 1 saturated heterocycles. The molecule has 1 spiro atoms. The quantitative estimate of drug-likeness (QED) is 0.587. The highest BCUT2D eigenvalue weighted by atomic mass is 16.4. The average molecular weight is 386 g/mol. The second kappa shape index (κ2) is 6.88. The Kier molecular flexibility index (Phi) is 4.65. The molecule has 1 aromatic rings. The predicted molar refractivity (Wildman–Crippen MR) is 102 cm³/mol. The summed E-state index contributed by atoms with van der Waals surface area (Å²) in [5, 5.41) is 25.2. The van der Waals surface area contributed by atoms with E-state index in [2.05, 4.69) is 22.8 Å². The number of nitrogens with one attached hydrogen (secondary N) is 2. The zero-order chi connectivity index (χ0) is 19.9. The highest BCUT2D eigenvalue weighted by Gasteiger charge is 2.46. The number of rotatable bonds is 4. The number of carboxylic acid groups (broad SMARTS) is 1. The molecule has 4 N–H and O–H groups in total. The van der Waals surface area contributed by atoms with Gasteiger partial charge in [0.15, 0.2) is 0 Å². The third-order valence-electron chi connectivity index (χ3n) is 6.75. The van der Waals surface area contributed by atoms with Crippen molar-refractivity contribution in [2.24, 2.45) is 0 Å². The molecular formula is C21H26N2O5. The summed E-state index contributed by atoms with van der Waals surface area (Å²) in [6.45, 7) is 0. The number of imide groups is 1. The molecular weight excluding hydrogens is 360 g/mol. The van der Waals surface area contributed by atoms with Crippen molar-refractivity contribution in [3.05, 3.63) is 29.3 Å². The zero-order valence-corrected chi connectivity index (χ0v) is 15.8. The molecule has 1 heterocycles. The van der Waals surface area contributed by atoms with E-state index in [9.17, 15) is 19.5 Å². The van der Waals surface area contributed by atoms with Gasteiger partial charge in [0.25, 0.3) is 0 Å². The fourth-order valence-corrected chi connectivity index (χ4v) is 5.12. The number of aryl methyl sites for hydroxylation is 1. The highest BCUT2D eigenvalue weighted by molar-refractivity contribution is 6.01. The van der Waals surface area contributed by atoms with Crippen LogP contribution in [-0.2, 0) is 26.2 Å². The number of amides is 2. The topological polar surface area (TPSA) is 116 Å². The van der Waals surface area contributed by atoms with Crippen molar-refractivity contribution in [2.45, 2.75) is 74.8 Å². The van der Waals surface area contributed by atoms with E-state index in [4.69, 9.17) is 5.11 Å². The summed E-state index contributed by atoms with van der Waals surface area (Å²) in [6.07, 6.45) is 5.21. The number of carboxylic acids is 1. The number of hydrogen-bond donors (Lipinski definition) is 4. The molecule has 1 unspecified atom stereocenters. The smallest absolute Gasteiger partial charge is 0.306 e. The Morgan fingerprint density at radius 1 is 1.14 bits per heavy atom. The molecule has 1 atom stereocenters. The summed E-state index contributed by atoms with van der Waals surface area (Å²) in [4.78, 5) is 34.3. The highest BCUT2D eigenvalue weighted by Crippen LogP contribution is 2.51. The molecule has 1 aliphatic heterocycles. The third-order valence-corrected chi connectivity index (χ3v) is 6.75. The van der Waals surface area contributed by atoms with Gasteiger partial charge in [0, 0.05) is 12.1 Å². The van der Waals surface area contributed by atoms with Crippen molar-refractivity contribution in [3.8, 4) is 0 Å². The zero-order valence-electron chi connectivity index (χ0n) is 15.8. The minimum absolute atomic E-state index is 0.0211. The van der Waals surface area contributed by atoms with Crippen LogP contribution in [0.1, 0.15) is 62.5 Å². The Balaban J connectivity index is 1.46. The van der Waals surface area contributed by atoms with Gasteiger partial charge in [0.05, 0.1) is 12.0 Å². The Bertz CT molecular complexity index is 826. The van der Waals surface area contributed by atoms with E-state index >= 15 is 0 Å². The number of anilines is 1. The van der Waals surface area contributed by atoms with Crippen molar-refractivity contribution in [2.75, 3.05) is 5.32 Å². The molecule has 1 saturated carbocycles. The van der Waals surface area contributed by atoms with Crippen molar-refractivity contribution in [3.63, 3.8) is 0 Å². The van der Waals surface area contributed by atoms with E-state index in [0.717, 1.165) is 31.4 Å². The molecule has 0 radical (unpaired) electrons. The van der Waals surface area contributed by atoms with Crippen LogP contribution < -0.4 is 10.6 Å². The first kappa shape index (κ1) is 18.9. The number of fused-ring (bicyclic) bond motifs is 2. The summed E-state index contributed by atoms with van der Waals surface area (Å²) < 4.78 is 0. The Hall–Kier alpha value is -2.41. The monoisotopic (exact) mass is 386 g/mol. The van der Waals surface area contributed by atoms with Gasteiger partial charge < -0.3 is 15.5 Å². The molecule has 150 valence electrons. The van der Waals surface area contributed by atoms with E-state index in [-0.39, 0.29) is 23.7 Å². The fraction of sp³-hybridized carbons (Fsp3) is 0.571. The van der Waals surface area contributed by atoms with Gasteiger partial charge in [0.1, 0.15) is 6.04 Å². The predicted octanol–water partition coefficient (Wildman–Crippen LogP) is 1.87. The summed E-state index contributed by atoms with van der Waals surface area (Å²) in [6, 6.07) is 5.78. The lowest BCUT2D eigenvalue weighted by Gasteiger charge is -2.42. The van der Waals surface area contributed by atoms with Crippen LogP contribution in [0.3, 0.4) is 0 Å². The van der Waals surface area contributed by atoms with E-state index < -0.39 is 17.6 Å².